The minimum atomic E-state index is -0.240. The fourth-order valence-corrected chi connectivity index (χ4v) is 6.01. The second kappa shape index (κ2) is 9.75. The Labute approximate surface area is 195 Å². The summed E-state index contributed by atoms with van der Waals surface area (Å²) in [6, 6.07) is 9.04. The number of ketones is 1. The number of rotatable bonds is 6. The van der Waals surface area contributed by atoms with Crippen LogP contribution in [0.15, 0.2) is 30.0 Å². The van der Waals surface area contributed by atoms with Crippen LogP contribution in [0.5, 0.6) is 0 Å². The van der Waals surface area contributed by atoms with Gasteiger partial charge in [-0.15, -0.1) is 0 Å². The van der Waals surface area contributed by atoms with Crippen molar-refractivity contribution in [3.8, 4) is 6.07 Å². The van der Waals surface area contributed by atoms with Crippen LogP contribution in [0.25, 0.3) is 10.9 Å². The van der Waals surface area contributed by atoms with Crippen molar-refractivity contribution >= 4 is 47.0 Å². The molecular formula is C23H29IN4OS. The van der Waals surface area contributed by atoms with Crippen LogP contribution in [0.1, 0.15) is 54.2 Å². The van der Waals surface area contributed by atoms with Gasteiger partial charge in [0.2, 0.25) is 5.78 Å². The normalized spacial score (nSPS) is 16.3. The quantitative estimate of drug-likeness (QED) is 0.210. The molecule has 1 aromatic heterocycles. The molecular weight excluding hydrogens is 507 g/mol. The number of aryl methyl sites for hydroxylation is 1. The summed E-state index contributed by atoms with van der Waals surface area (Å²) >= 11 is 2.21. The maximum Gasteiger partial charge on any atom is 0.222 e. The van der Waals surface area contributed by atoms with Crippen molar-refractivity contribution in [1.82, 2.24) is 13.8 Å². The Hall–Kier alpha value is -1.50. The van der Waals surface area contributed by atoms with E-state index < -0.39 is 0 Å². The molecule has 2 heterocycles. The average molecular weight is 536 g/mol. The lowest BCUT2D eigenvalue weighted by atomic mass is 9.86. The Morgan fingerprint density at radius 3 is 2.50 bits per heavy atom. The summed E-state index contributed by atoms with van der Waals surface area (Å²) in [7, 11) is 5.11. The molecule has 0 saturated carbocycles. The highest BCUT2D eigenvalue weighted by molar-refractivity contribution is 14.2. The predicted octanol–water partition coefficient (Wildman–Crippen LogP) is 5.54. The highest BCUT2D eigenvalue weighted by atomic mass is 127. The molecule has 2 aromatic rings. The molecule has 1 aliphatic rings. The summed E-state index contributed by atoms with van der Waals surface area (Å²) in [5, 5.41) is 10.5. The van der Waals surface area contributed by atoms with E-state index in [9.17, 15) is 10.1 Å². The first-order chi connectivity index (χ1) is 14.3. The van der Waals surface area contributed by atoms with Crippen molar-refractivity contribution in [2.45, 2.75) is 45.6 Å². The van der Waals surface area contributed by atoms with E-state index in [1.54, 1.807) is 11.1 Å². The van der Waals surface area contributed by atoms with E-state index in [2.05, 4.69) is 65.1 Å². The number of aromatic nitrogens is 1. The second-order valence-corrected chi connectivity index (χ2v) is 10.2. The van der Waals surface area contributed by atoms with Crippen molar-refractivity contribution in [1.29, 1.82) is 5.26 Å². The minimum Gasteiger partial charge on any atom is -0.382 e. The number of carbonyl (C=O) groups is 1. The third-order valence-corrected chi connectivity index (χ3v) is 7.61. The molecule has 1 fully saturated rings. The number of halogens is 1. The molecule has 0 bridgehead atoms. The highest BCUT2D eigenvalue weighted by Gasteiger charge is 2.25. The zero-order chi connectivity index (χ0) is 22.0. The van der Waals surface area contributed by atoms with Crippen molar-refractivity contribution in [3.05, 3.63) is 46.8 Å². The Bertz CT molecular complexity index is 1010. The van der Waals surface area contributed by atoms with E-state index in [4.69, 9.17) is 0 Å². The third-order valence-electron chi connectivity index (χ3n) is 5.90. The van der Waals surface area contributed by atoms with Crippen molar-refractivity contribution < 1.29 is 4.79 Å². The minimum absolute atomic E-state index is 0.146. The molecule has 0 aliphatic carbocycles. The number of carbonyl (C=O) groups excluding carboxylic acids is 1. The summed E-state index contributed by atoms with van der Waals surface area (Å²) in [5.41, 5.74) is 4.41. The SMILES string of the molecule is Cc1cc2cc(C(=O)/C(C#N)=C/N(C)C)n(SI)c2cc1C1CCN(C(C)C)CC1. The number of nitrogens with zero attached hydrogens (tertiary/aromatic N) is 4. The van der Waals surface area contributed by atoms with Gasteiger partial charge in [0, 0.05) is 62.0 Å². The first-order valence-electron chi connectivity index (χ1n) is 10.3. The lowest BCUT2D eigenvalue weighted by molar-refractivity contribution is 0.103. The largest absolute Gasteiger partial charge is 0.382 e. The number of benzene rings is 1. The maximum atomic E-state index is 13.1. The average Bonchev–Trinajstić information content (AvgIpc) is 3.07. The molecule has 0 radical (unpaired) electrons. The van der Waals surface area contributed by atoms with Gasteiger partial charge in [0.15, 0.2) is 0 Å². The topological polar surface area (TPSA) is 52.3 Å². The van der Waals surface area contributed by atoms with Crippen molar-refractivity contribution in [2.24, 2.45) is 0 Å². The van der Waals surface area contributed by atoms with E-state index in [1.807, 2.05) is 24.1 Å². The van der Waals surface area contributed by atoms with Gasteiger partial charge in [-0.1, -0.05) is 0 Å². The van der Waals surface area contributed by atoms with Crippen LogP contribution < -0.4 is 0 Å². The van der Waals surface area contributed by atoms with Crippen LogP contribution in [0.4, 0.5) is 0 Å². The standard InChI is InChI=1S/C23H29IN4OS/c1-15(2)27-8-6-17(7-9-27)20-12-21-18(10-16(20)3)11-22(28(21)30-24)23(29)19(13-25)14-26(4)5/h10-12,14-15,17H,6-9H2,1-5H3/b19-14+. The summed E-state index contributed by atoms with van der Waals surface area (Å²) in [6.07, 6.45) is 3.92. The van der Waals surface area contributed by atoms with Gasteiger partial charge in [0.1, 0.15) is 17.3 Å². The predicted molar refractivity (Wildman–Crippen MR) is 134 cm³/mol. The number of Topliss-reactive ketones (excluding diaryl/α,β-unsaturated/α-hetero) is 1. The van der Waals surface area contributed by atoms with E-state index >= 15 is 0 Å². The summed E-state index contributed by atoms with van der Waals surface area (Å²) in [6.45, 7) is 8.97. The van der Waals surface area contributed by atoms with E-state index in [0.29, 0.717) is 17.7 Å². The summed E-state index contributed by atoms with van der Waals surface area (Å²) in [5.74, 6) is 0.311. The maximum absolute atomic E-state index is 13.1. The first-order valence-corrected chi connectivity index (χ1v) is 13.6. The molecule has 5 nitrogen and oxygen atoms in total. The van der Waals surface area contributed by atoms with Crippen molar-refractivity contribution in [3.63, 3.8) is 0 Å². The van der Waals surface area contributed by atoms with Gasteiger partial charge in [0.05, 0.1) is 5.52 Å². The van der Waals surface area contributed by atoms with Crippen LogP contribution >= 0.6 is 30.3 Å². The fraction of sp³-hybridized carbons (Fsp3) is 0.478. The molecule has 7 heteroatoms. The third kappa shape index (κ3) is 4.71. The number of hydrogen-bond donors (Lipinski definition) is 0. The van der Waals surface area contributed by atoms with Crippen LogP contribution in [-0.4, -0.2) is 52.8 Å². The van der Waals surface area contributed by atoms with Crippen molar-refractivity contribution in [2.75, 3.05) is 27.2 Å². The van der Waals surface area contributed by atoms with E-state index in [0.717, 1.165) is 24.0 Å². The lowest BCUT2D eigenvalue weighted by Crippen LogP contribution is -2.37. The van der Waals surface area contributed by atoms with Gasteiger partial charge < -0.3 is 9.80 Å². The smallest absolute Gasteiger partial charge is 0.222 e. The first kappa shape index (κ1) is 23.2. The number of nitriles is 1. The molecule has 0 unspecified atom stereocenters. The Morgan fingerprint density at radius 1 is 1.30 bits per heavy atom. The van der Waals surface area contributed by atoms with Crippen LogP contribution in [0.3, 0.4) is 0 Å². The van der Waals surface area contributed by atoms with Gasteiger partial charge in [-0.2, -0.15) is 5.26 Å². The number of allylic oxidation sites excluding steroid dienone is 1. The fourth-order valence-electron chi connectivity index (χ4n) is 4.30. The number of hydrogen-bond acceptors (Lipinski definition) is 5. The molecule has 0 atom stereocenters. The summed E-state index contributed by atoms with van der Waals surface area (Å²) in [4.78, 5) is 17.3. The zero-order valence-corrected chi connectivity index (χ0v) is 21.2. The lowest BCUT2D eigenvalue weighted by Gasteiger charge is -2.35. The van der Waals surface area contributed by atoms with Gasteiger partial charge >= 0.3 is 0 Å². The summed E-state index contributed by atoms with van der Waals surface area (Å²) < 4.78 is 1.96. The molecule has 160 valence electrons. The van der Waals surface area contributed by atoms with Crippen LogP contribution in [0.2, 0.25) is 0 Å². The Balaban J connectivity index is 2.01. The Morgan fingerprint density at radius 2 is 1.97 bits per heavy atom. The number of likely N-dealkylation sites (tertiary alicyclic amines) is 1. The van der Waals surface area contributed by atoms with E-state index in [1.165, 1.54) is 33.1 Å². The van der Waals surface area contributed by atoms with Crippen LogP contribution in [0, 0.1) is 18.3 Å². The number of fused-ring (bicyclic) bond motifs is 1. The molecule has 30 heavy (non-hydrogen) atoms. The zero-order valence-electron chi connectivity index (χ0n) is 18.3. The second-order valence-electron chi connectivity index (χ2n) is 8.51. The monoisotopic (exact) mass is 536 g/mol. The van der Waals surface area contributed by atoms with E-state index in [-0.39, 0.29) is 11.4 Å². The van der Waals surface area contributed by atoms with Crippen LogP contribution in [-0.2, 0) is 0 Å². The molecule has 0 amide bonds. The van der Waals surface area contributed by atoms with Gasteiger partial charge in [-0.25, -0.2) is 0 Å². The molecule has 0 spiro atoms. The number of piperidine rings is 1. The molecule has 3 rings (SSSR count). The molecule has 1 saturated heterocycles. The van der Waals surface area contributed by atoms with Gasteiger partial charge in [-0.05, 0) is 81.9 Å². The van der Waals surface area contributed by atoms with Gasteiger partial charge in [0.25, 0.3) is 0 Å². The van der Waals surface area contributed by atoms with Gasteiger partial charge in [-0.3, -0.25) is 8.77 Å². The molecule has 1 aromatic carbocycles. The highest BCUT2D eigenvalue weighted by Crippen LogP contribution is 2.36. The Kier molecular flexibility index (Phi) is 7.53. The molecule has 1 aliphatic heterocycles. The molecule has 0 N–H and O–H groups in total.